The van der Waals surface area contributed by atoms with Gasteiger partial charge < -0.3 is 5.73 Å². The summed E-state index contributed by atoms with van der Waals surface area (Å²) in [7, 11) is 0. The molecule has 0 bridgehead atoms. The molecular weight excluding hydrogens is 152 g/mol. The van der Waals surface area contributed by atoms with Crippen LogP contribution in [0.3, 0.4) is 0 Å². The molecule has 0 aromatic heterocycles. The number of carbonyl (C=O) groups is 1. The Kier molecular flexibility index (Phi) is 3.53. The Morgan fingerprint density at radius 3 is 3.00 bits per heavy atom. The standard InChI is InChI=1S/C9H18N2O/c1-2-8-4-3-5-11(6-8)7-9(10)12/h8H,2-7H2,1H3,(H2,10,12). The van der Waals surface area contributed by atoms with Gasteiger partial charge in [-0.1, -0.05) is 13.3 Å². The molecule has 0 aromatic rings. The van der Waals surface area contributed by atoms with Crippen molar-refractivity contribution < 1.29 is 4.79 Å². The van der Waals surface area contributed by atoms with E-state index >= 15 is 0 Å². The maximum absolute atomic E-state index is 10.6. The van der Waals surface area contributed by atoms with Crippen LogP contribution >= 0.6 is 0 Å². The fourth-order valence-corrected chi connectivity index (χ4v) is 1.85. The third-order valence-corrected chi connectivity index (χ3v) is 2.56. The molecule has 0 aliphatic carbocycles. The predicted molar refractivity (Wildman–Crippen MR) is 48.6 cm³/mol. The summed E-state index contributed by atoms with van der Waals surface area (Å²) in [6.45, 7) is 4.74. The number of piperidine rings is 1. The highest BCUT2D eigenvalue weighted by Crippen LogP contribution is 2.18. The lowest BCUT2D eigenvalue weighted by atomic mass is 9.96. The normalized spacial score (nSPS) is 25.6. The van der Waals surface area contributed by atoms with Gasteiger partial charge in [0.05, 0.1) is 6.54 Å². The average molecular weight is 170 g/mol. The molecule has 70 valence electrons. The zero-order chi connectivity index (χ0) is 8.97. The summed E-state index contributed by atoms with van der Waals surface area (Å²) in [4.78, 5) is 12.8. The van der Waals surface area contributed by atoms with Gasteiger partial charge in [0.25, 0.3) is 0 Å². The number of amides is 1. The molecule has 1 amide bonds. The molecule has 1 heterocycles. The Morgan fingerprint density at radius 2 is 2.42 bits per heavy atom. The summed E-state index contributed by atoms with van der Waals surface area (Å²) in [6.07, 6.45) is 3.74. The van der Waals surface area contributed by atoms with Gasteiger partial charge in [-0.3, -0.25) is 9.69 Å². The van der Waals surface area contributed by atoms with Crippen molar-refractivity contribution in [2.75, 3.05) is 19.6 Å². The minimum atomic E-state index is -0.202. The summed E-state index contributed by atoms with van der Waals surface area (Å²) in [6, 6.07) is 0. The second kappa shape index (κ2) is 4.45. The van der Waals surface area contributed by atoms with E-state index in [9.17, 15) is 4.79 Å². The molecule has 1 rings (SSSR count). The highest BCUT2D eigenvalue weighted by Gasteiger charge is 2.18. The summed E-state index contributed by atoms with van der Waals surface area (Å²) in [5, 5.41) is 0. The van der Waals surface area contributed by atoms with Crippen molar-refractivity contribution in [3.05, 3.63) is 0 Å². The van der Waals surface area contributed by atoms with Crippen molar-refractivity contribution in [2.45, 2.75) is 26.2 Å². The van der Waals surface area contributed by atoms with E-state index in [0.717, 1.165) is 19.0 Å². The zero-order valence-electron chi connectivity index (χ0n) is 7.75. The molecule has 0 radical (unpaired) electrons. The Labute approximate surface area is 73.9 Å². The number of nitrogens with two attached hydrogens (primary N) is 1. The van der Waals surface area contributed by atoms with E-state index < -0.39 is 0 Å². The molecule has 0 aromatic carbocycles. The molecule has 2 N–H and O–H groups in total. The molecule has 1 aliphatic rings. The number of primary amides is 1. The number of hydrogen-bond donors (Lipinski definition) is 1. The van der Waals surface area contributed by atoms with Crippen LogP contribution in [-0.2, 0) is 4.79 Å². The first-order valence-electron chi connectivity index (χ1n) is 4.73. The molecule has 0 spiro atoms. The molecule has 3 nitrogen and oxygen atoms in total. The van der Waals surface area contributed by atoms with E-state index in [1.807, 2.05) is 0 Å². The Bertz CT molecular complexity index is 159. The van der Waals surface area contributed by atoms with E-state index in [-0.39, 0.29) is 5.91 Å². The minimum Gasteiger partial charge on any atom is -0.369 e. The van der Waals surface area contributed by atoms with Crippen molar-refractivity contribution >= 4 is 5.91 Å². The number of likely N-dealkylation sites (tertiary alicyclic amines) is 1. The van der Waals surface area contributed by atoms with Crippen LogP contribution in [-0.4, -0.2) is 30.4 Å². The third-order valence-electron chi connectivity index (χ3n) is 2.56. The van der Waals surface area contributed by atoms with E-state index in [1.165, 1.54) is 19.3 Å². The maximum Gasteiger partial charge on any atom is 0.231 e. The number of carbonyl (C=O) groups excluding carboxylic acids is 1. The van der Waals surface area contributed by atoms with Crippen molar-refractivity contribution in [1.29, 1.82) is 0 Å². The van der Waals surface area contributed by atoms with E-state index in [0.29, 0.717) is 6.54 Å². The van der Waals surface area contributed by atoms with Crippen LogP contribution in [0, 0.1) is 5.92 Å². The topological polar surface area (TPSA) is 46.3 Å². The largest absolute Gasteiger partial charge is 0.369 e. The first kappa shape index (κ1) is 9.52. The third kappa shape index (κ3) is 2.81. The van der Waals surface area contributed by atoms with Crippen molar-refractivity contribution in [3.63, 3.8) is 0 Å². The molecule has 3 heteroatoms. The molecule has 1 unspecified atom stereocenters. The van der Waals surface area contributed by atoms with Crippen molar-refractivity contribution in [1.82, 2.24) is 4.90 Å². The second-order valence-electron chi connectivity index (χ2n) is 3.62. The molecule has 1 atom stereocenters. The highest BCUT2D eigenvalue weighted by molar-refractivity contribution is 5.75. The first-order valence-corrected chi connectivity index (χ1v) is 4.73. The number of hydrogen-bond acceptors (Lipinski definition) is 2. The van der Waals surface area contributed by atoms with Gasteiger partial charge in [-0.25, -0.2) is 0 Å². The summed E-state index contributed by atoms with van der Waals surface area (Å²) >= 11 is 0. The fraction of sp³-hybridized carbons (Fsp3) is 0.889. The highest BCUT2D eigenvalue weighted by atomic mass is 16.1. The lowest BCUT2D eigenvalue weighted by Crippen LogP contribution is -2.40. The van der Waals surface area contributed by atoms with Gasteiger partial charge in [-0.2, -0.15) is 0 Å². The maximum atomic E-state index is 10.6. The van der Waals surface area contributed by atoms with Crippen LogP contribution in [0.1, 0.15) is 26.2 Å². The predicted octanol–water partition coefficient (Wildman–Crippen LogP) is 0.594. The average Bonchev–Trinajstić information content (AvgIpc) is 2.03. The van der Waals surface area contributed by atoms with Gasteiger partial charge >= 0.3 is 0 Å². The van der Waals surface area contributed by atoms with Crippen molar-refractivity contribution in [2.24, 2.45) is 11.7 Å². The molecule has 0 saturated carbocycles. The van der Waals surface area contributed by atoms with E-state index in [4.69, 9.17) is 5.73 Å². The molecule has 1 saturated heterocycles. The smallest absolute Gasteiger partial charge is 0.231 e. The number of nitrogens with zero attached hydrogens (tertiary/aromatic N) is 1. The Balaban J connectivity index is 2.30. The van der Waals surface area contributed by atoms with Crippen LogP contribution < -0.4 is 5.73 Å². The molecule has 12 heavy (non-hydrogen) atoms. The zero-order valence-corrected chi connectivity index (χ0v) is 7.75. The lowest BCUT2D eigenvalue weighted by Gasteiger charge is -2.31. The van der Waals surface area contributed by atoms with Crippen LogP contribution in [0.15, 0.2) is 0 Å². The SMILES string of the molecule is CCC1CCCN(CC(N)=O)C1. The van der Waals surface area contributed by atoms with Gasteiger partial charge in [0.1, 0.15) is 0 Å². The molecule has 1 fully saturated rings. The van der Waals surface area contributed by atoms with Gasteiger partial charge in [-0.15, -0.1) is 0 Å². The van der Waals surface area contributed by atoms with Gasteiger partial charge in [0.15, 0.2) is 0 Å². The fourth-order valence-electron chi connectivity index (χ4n) is 1.85. The summed E-state index contributed by atoms with van der Waals surface area (Å²) < 4.78 is 0. The first-order chi connectivity index (χ1) is 5.72. The summed E-state index contributed by atoms with van der Waals surface area (Å²) in [5.74, 6) is 0.574. The van der Waals surface area contributed by atoms with Crippen LogP contribution in [0.4, 0.5) is 0 Å². The van der Waals surface area contributed by atoms with Crippen LogP contribution in [0.2, 0.25) is 0 Å². The van der Waals surface area contributed by atoms with Crippen molar-refractivity contribution in [3.8, 4) is 0 Å². The lowest BCUT2D eigenvalue weighted by molar-refractivity contribution is -0.119. The monoisotopic (exact) mass is 170 g/mol. The quantitative estimate of drug-likeness (QED) is 0.674. The van der Waals surface area contributed by atoms with E-state index in [1.54, 1.807) is 0 Å². The van der Waals surface area contributed by atoms with E-state index in [2.05, 4.69) is 11.8 Å². The Morgan fingerprint density at radius 1 is 1.67 bits per heavy atom. The molecular formula is C9H18N2O. The second-order valence-corrected chi connectivity index (χ2v) is 3.62. The van der Waals surface area contributed by atoms with Crippen LogP contribution in [0.25, 0.3) is 0 Å². The van der Waals surface area contributed by atoms with Crippen LogP contribution in [0.5, 0.6) is 0 Å². The number of rotatable bonds is 3. The summed E-state index contributed by atoms with van der Waals surface area (Å²) in [5.41, 5.74) is 5.13. The minimum absolute atomic E-state index is 0.202. The molecule has 1 aliphatic heterocycles. The Hall–Kier alpha value is -0.570. The van der Waals surface area contributed by atoms with Gasteiger partial charge in [0.2, 0.25) is 5.91 Å². The van der Waals surface area contributed by atoms with Gasteiger partial charge in [0, 0.05) is 6.54 Å². The van der Waals surface area contributed by atoms with Gasteiger partial charge in [-0.05, 0) is 25.3 Å².